The van der Waals surface area contributed by atoms with E-state index in [4.69, 9.17) is 4.74 Å². The van der Waals surface area contributed by atoms with Crippen molar-refractivity contribution >= 4 is 22.4 Å². The van der Waals surface area contributed by atoms with Crippen LogP contribution in [0.2, 0.25) is 0 Å². The van der Waals surface area contributed by atoms with E-state index in [2.05, 4.69) is 15.6 Å². The summed E-state index contributed by atoms with van der Waals surface area (Å²) in [5.41, 5.74) is 0.799. The smallest absolute Gasteiger partial charge is 0.231 e. The highest BCUT2D eigenvalue weighted by atomic mass is 16.5. The van der Waals surface area contributed by atoms with Crippen molar-refractivity contribution in [2.24, 2.45) is 5.92 Å². The highest BCUT2D eigenvalue weighted by molar-refractivity contribution is 6.02. The first-order chi connectivity index (χ1) is 10.3. The monoisotopic (exact) mass is 285 g/mol. The second-order valence-electron chi connectivity index (χ2n) is 5.20. The molecule has 1 aromatic heterocycles. The number of rotatable bonds is 4. The number of pyridine rings is 1. The van der Waals surface area contributed by atoms with Gasteiger partial charge in [0.15, 0.2) is 0 Å². The summed E-state index contributed by atoms with van der Waals surface area (Å²) in [5.74, 6) is -0.160. The second-order valence-corrected chi connectivity index (χ2v) is 5.20. The molecule has 110 valence electrons. The number of anilines is 1. The molecule has 5 heteroatoms. The molecule has 2 heterocycles. The Balaban J connectivity index is 1.80. The number of amides is 1. The van der Waals surface area contributed by atoms with E-state index < -0.39 is 0 Å². The topological polar surface area (TPSA) is 63.2 Å². The first-order valence-electron chi connectivity index (χ1n) is 7.24. The molecule has 1 aliphatic rings. The number of hydrogen-bond donors (Lipinski definition) is 2. The number of aromatic nitrogens is 1. The van der Waals surface area contributed by atoms with E-state index in [9.17, 15) is 4.79 Å². The first kappa shape index (κ1) is 14.0. The van der Waals surface area contributed by atoms with E-state index in [1.807, 2.05) is 31.2 Å². The van der Waals surface area contributed by atoms with E-state index in [1.54, 1.807) is 12.4 Å². The molecule has 2 atom stereocenters. The molecule has 2 aromatic rings. The summed E-state index contributed by atoms with van der Waals surface area (Å²) in [6, 6.07) is 7.87. The molecular weight excluding hydrogens is 266 g/mol. The van der Waals surface area contributed by atoms with Crippen LogP contribution in [0.5, 0.6) is 0 Å². The first-order valence-corrected chi connectivity index (χ1v) is 7.24. The molecule has 2 N–H and O–H groups in total. The standard InChI is InChI=1S/C16H19N3O2/c1-2-18-15-10-21-9-13(15)16(20)19-14-5-3-4-11-6-7-17-8-12(11)14/h3-8,13,15,18H,2,9-10H2,1H3,(H,19,20). The molecule has 5 nitrogen and oxygen atoms in total. The van der Waals surface area contributed by atoms with E-state index in [1.165, 1.54) is 0 Å². The van der Waals surface area contributed by atoms with Gasteiger partial charge in [-0.3, -0.25) is 9.78 Å². The molecule has 0 radical (unpaired) electrons. The molecule has 3 rings (SSSR count). The number of nitrogens with one attached hydrogen (secondary N) is 2. The largest absolute Gasteiger partial charge is 0.379 e. The van der Waals surface area contributed by atoms with Crippen molar-refractivity contribution in [3.63, 3.8) is 0 Å². The van der Waals surface area contributed by atoms with Crippen LogP contribution in [0.3, 0.4) is 0 Å². The lowest BCUT2D eigenvalue weighted by atomic mass is 10.0. The molecule has 1 fully saturated rings. The molecule has 2 unspecified atom stereocenters. The van der Waals surface area contributed by atoms with Crippen LogP contribution in [0.1, 0.15) is 6.92 Å². The van der Waals surface area contributed by atoms with Crippen LogP contribution in [0.4, 0.5) is 5.69 Å². The quantitative estimate of drug-likeness (QED) is 0.899. The normalized spacial score (nSPS) is 21.6. The van der Waals surface area contributed by atoms with Crippen molar-refractivity contribution in [2.75, 3.05) is 25.1 Å². The lowest BCUT2D eigenvalue weighted by Crippen LogP contribution is -2.41. The van der Waals surface area contributed by atoms with E-state index >= 15 is 0 Å². The summed E-state index contributed by atoms with van der Waals surface area (Å²) >= 11 is 0. The van der Waals surface area contributed by atoms with Gasteiger partial charge in [-0.1, -0.05) is 19.1 Å². The number of nitrogens with zero attached hydrogens (tertiary/aromatic N) is 1. The Morgan fingerprint density at radius 1 is 1.38 bits per heavy atom. The van der Waals surface area contributed by atoms with Crippen molar-refractivity contribution in [1.82, 2.24) is 10.3 Å². The molecule has 0 saturated carbocycles. The van der Waals surface area contributed by atoms with Gasteiger partial charge in [0, 0.05) is 23.8 Å². The molecule has 1 amide bonds. The molecular formula is C16H19N3O2. The summed E-state index contributed by atoms with van der Waals surface area (Å²) in [6.07, 6.45) is 3.53. The third-order valence-corrected chi connectivity index (χ3v) is 3.83. The predicted octanol–water partition coefficient (Wildman–Crippen LogP) is 1.80. The van der Waals surface area contributed by atoms with Gasteiger partial charge in [0.25, 0.3) is 0 Å². The maximum absolute atomic E-state index is 12.5. The summed E-state index contributed by atoms with van der Waals surface area (Å²) in [7, 11) is 0. The Morgan fingerprint density at radius 2 is 2.29 bits per heavy atom. The van der Waals surface area contributed by atoms with Gasteiger partial charge in [-0.05, 0) is 24.1 Å². The van der Waals surface area contributed by atoms with Crippen molar-refractivity contribution in [3.05, 3.63) is 36.7 Å². The van der Waals surface area contributed by atoms with Gasteiger partial charge in [-0.15, -0.1) is 0 Å². The number of carbonyl (C=O) groups is 1. The fourth-order valence-corrected chi connectivity index (χ4v) is 2.72. The molecule has 1 aliphatic heterocycles. The molecule has 1 saturated heterocycles. The highest BCUT2D eigenvalue weighted by Crippen LogP contribution is 2.24. The van der Waals surface area contributed by atoms with Crippen molar-refractivity contribution < 1.29 is 9.53 Å². The van der Waals surface area contributed by atoms with Gasteiger partial charge in [0.2, 0.25) is 5.91 Å². The van der Waals surface area contributed by atoms with E-state index in [-0.39, 0.29) is 17.9 Å². The molecule has 21 heavy (non-hydrogen) atoms. The minimum Gasteiger partial charge on any atom is -0.379 e. The number of carbonyl (C=O) groups excluding carboxylic acids is 1. The number of likely N-dealkylation sites (N-methyl/N-ethyl adjacent to an activating group) is 1. The number of fused-ring (bicyclic) bond motifs is 1. The molecule has 0 spiro atoms. The highest BCUT2D eigenvalue weighted by Gasteiger charge is 2.33. The van der Waals surface area contributed by atoms with Gasteiger partial charge in [-0.25, -0.2) is 0 Å². The number of benzene rings is 1. The minimum absolute atomic E-state index is 0.00481. The third kappa shape index (κ3) is 2.89. The lowest BCUT2D eigenvalue weighted by Gasteiger charge is -2.18. The van der Waals surface area contributed by atoms with Crippen LogP contribution in [-0.2, 0) is 9.53 Å². The van der Waals surface area contributed by atoms with E-state index in [0.717, 1.165) is 23.0 Å². The zero-order chi connectivity index (χ0) is 14.7. The molecule has 0 aliphatic carbocycles. The third-order valence-electron chi connectivity index (χ3n) is 3.83. The zero-order valence-corrected chi connectivity index (χ0v) is 12.0. The summed E-state index contributed by atoms with van der Waals surface area (Å²) in [5, 5.41) is 8.33. The van der Waals surface area contributed by atoms with Gasteiger partial charge in [-0.2, -0.15) is 0 Å². The van der Waals surface area contributed by atoms with Crippen molar-refractivity contribution in [1.29, 1.82) is 0 Å². The average molecular weight is 285 g/mol. The van der Waals surface area contributed by atoms with Gasteiger partial charge in [0.05, 0.1) is 24.8 Å². The van der Waals surface area contributed by atoms with Crippen LogP contribution < -0.4 is 10.6 Å². The summed E-state index contributed by atoms with van der Waals surface area (Å²) in [4.78, 5) is 16.6. The summed E-state index contributed by atoms with van der Waals surface area (Å²) in [6.45, 7) is 3.91. The van der Waals surface area contributed by atoms with E-state index in [0.29, 0.717) is 13.2 Å². The van der Waals surface area contributed by atoms with Gasteiger partial charge >= 0.3 is 0 Å². The van der Waals surface area contributed by atoms with Gasteiger partial charge in [0.1, 0.15) is 0 Å². The Kier molecular flexibility index (Phi) is 4.13. The predicted molar refractivity (Wildman–Crippen MR) is 82.1 cm³/mol. The van der Waals surface area contributed by atoms with Crippen molar-refractivity contribution in [3.8, 4) is 0 Å². The maximum Gasteiger partial charge on any atom is 0.231 e. The minimum atomic E-state index is -0.156. The Bertz CT molecular complexity index is 639. The van der Waals surface area contributed by atoms with Crippen LogP contribution in [0.25, 0.3) is 10.8 Å². The summed E-state index contributed by atoms with van der Waals surface area (Å²) < 4.78 is 5.43. The fourth-order valence-electron chi connectivity index (χ4n) is 2.72. The lowest BCUT2D eigenvalue weighted by molar-refractivity contribution is -0.120. The average Bonchev–Trinajstić information content (AvgIpc) is 2.96. The SMILES string of the molecule is CCNC1COCC1C(=O)Nc1cccc2ccncc12. The van der Waals surface area contributed by atoms with Crippen LogP contribution in [0, 0.1) is 5.92 Å². The number of ether oxygens (including phenoxy) is 1. The van der Waals surface area contributed by atoms with Crippen LogP contribution in [-0.4, -0.2) is 36.7 Å². The Hall–Kier alpha value is -1.98. The van der Waals surface area contributed by atoms with Crippen LogP contribution >= 0.6 is 0 Å². The Labute approximate surface area is 123 Å². The molecule has 1 aromatic carbocycles. The number of hydrogen-bond acceptors (Lipinski definition) is 4. The van der Waals surface area contributed by atoms with Crippen LogP contribution in [0.15, 0.2) is 36.7 Å². The second kappa shape index (κ2) is 6.20. The van der Waals surface area contributed by atoms with Gasteiger partial charge < -0.3 is 15.4 Å². The van der Waals surface area contributed by atoms with Crippen molar-refractivity contribution in [2.45, 2.75) is 13.0 Å². The fraction of sp³-hybridized carbons (Fsp3) is 0.375. The zero-order valence-electron chi connectivity index (χ0n) is 12.0. The maximum atomic E-state index is 12.5. The molecule has 0 bridgehead atoms. The Morgan fingerprint density at radius 3 is 3.14 bits per heavy atom.